The van der Waals surface area contributed by atoms with Gasteiger partial charge in [0.15, 0.2) is 0 Å². The van der Waals surface area contributed by atoms with Gasteiger partial charge in [0.05, 0.1) is 5.60 Å². The van der Waals surface area contributed by atoms with Gasteiger partial charge in [-0.2, -0.15) is 0 Å². The van der Waals surface area contributed by atoms with Crippen LogP contribution in [0.4, 0.5) is 16.2 Å². The summed E-state index contributed by atoms with van der Waals surface area (Å²) < 4.78 is 0. The normalized spacial score (nSPS) is 20.5. The molecule has 2 aliphatic rings. The highest BCUT2D eigenvalue weighted by atomic mass is 16.3. The minimum atomic E-state index is -0.731. The van der Waals surface area contributed by atoms with E-state index in [-0.39, 0.29) is 6.03 Å². The van der Waals surface area contributed by atoms with Crippen molar-refractivity contribution in [2.24, 2.45) is 0 Å². The fourth-order valence-corrected chi connectivity index (χ4v) is 3.74. The smallest absolute Gasteiger partial charge is 0.319 e. The van der Waals surface area contributed by atoms with Crippen LogP contribution in [0.25, 0.3) is 0 Å². The molecule has 132 valence electrons. The average Bonchev–Trinajstić information content (AvgIpc) is 2.62. The molecule has 0 radical (unpaired) electrons. The van der Waals surface area contributed by atoms with Crippen molar-refractivity contribution in [3.8, 4) is 0 Å². The van der Waals surface area contributed by atoms with Gasteiger partial charge in [-0.3, -0.25) is 0 Å². The predicted octanol–water partition coefficient (Wildman–Crippen LogP) is 3.49. The Morgan fingerprint density at radius 3 is 2.54 bits per heavy atom. The van der Waals surface area contributed by atoms with Gasteiger partial charge in [0.2, 0.25) is 0 Å². The third kappa shape index (κ3) is 4.63. The van der Waals surface area contributed by atoms with E-state index in [2.05, 4.69) is 21.6 Å². The number of carbonyl (C=O) groups excluding carboxylic acids is 1. The molecule has 1 aromatic carbocycles. The van der Waals surface area contributed by atoms with Crippen molar-refractivity contribution in [2.45, 2.75) is 57.0 Å². The highest BCUT2D eigenvalue weighted by molar-refractivity contribution is 5.89. The number of anilines is 2. The second-order valence-electron chi connectivity index (χ2n) is 7.19. The van der Waals surface area contributed by atoms with E-state index in [0.29, 0.717) is 6.54 Å². The van der Waals surface area contributed by atoms with Crippen molar-refractivity contribution < 1.29 is 9.90 Å². The van der Waals surface area contributed by atoms with Crippen molar-refractivity contribution in [2.75, 3.05) is 29.9 Å². The Bertz CT molecular complexity index is 549. The number of aliphatic hydroxyl groups is 1. The molecule has 0 aromatic heterocycles. The summed E-state index contributed by atoms with van der Waals surface area (Å²) in [6.45, 7) is 2.50. The molecule has 2 fully saturated rings. The van der Waals surface area contributed by atoms with E-state index in [1.54, 1.807) is 0 Å². The van der Waals surface area contributed by atoms with Crippen LogP contribution in [0.15, 0.2) is 24.3 Å². The maximum atomic E-state index is 12.1. The SMILES string of the molecule is O=C(NCC1(O)CCCCC1)Nc1cccc(N2CCCCC2)c1. The molecule has 1 saturated heterocycles. The van der Waals surface area contributed by atoms with Gasteiger partial charge < -0.3 is 20.6 Å². The summed E-state index contributed by atoms with van der Waals surface area (Å²) in [7, 11) is 0. The molecule has 1 saturated carbocycles. The van der Waals surface area contributed by atoms with Crippen LogP contribution in [-0.2, 0) is 0 Å². The van der Waals surface area contributed by atoms with Crippen LogP contribution >= 0.6 is 0 Å². The van der Waals surface area contributed by atoms with E-state index >= 15 is 0 Å². The van der Waals surface area contributed by atoms with Crippen molar-refractivity contribution in [1.82, 2.24) is 5.32 Å². The maximum absolute atomic E-state index is 12.1. The van der Waals surface area contributed by atoms with Crippen molar-refractivity contribution >= 4 is 17.4 Å². The second kappa shape index (κ2) is 7.88. The summed E-state index contributed by atoms with van der Waals surface area (Å²) in [6, 6.07) is 7.76. The van der Waals surface area contributed by atoms with Gasteiger partial charge in [0.25, 0.3) is 0 Å². The van der Waals surface area contributed by atoms with E-state index in [1.807, 2.05) is 18.2 Å². The van der Waals surface area contributed by atoms with Crippen molar-refractivity contribution in [1.29, 1.82) is 0 Å². The van der Waals surface area contributed by atoms with Crippen LogP contribution in [-0.4, -0.2) is 36.4 Å². The van der Waals surface area contributed by atoms with Crippen LogP contribution in [0.5, 0.6) is 0 Å². The Morgan fingerprint density at radius 2 is 1.79 bits per heavy atom. The molecule has 0 bridgehead atoms. The first kappa shape index (κ1) is 17.1. The van der Waals surface area contributed by atoms with E-state index in [1.165, 1.54) is 31.4 Å². The zero-order valence-corrected chi connectivity index (χ0v) is 14.4. The Hall–Kier alpha value is -1.75. The molecular weight excluding hydrogens is 302 g/mol. The van der Waals surface area contributed by atoms with Crippen molar-refractivity contribution in [3.05, 3.63) is 24.3 Å². The fraction of sp³-hybridized carbons (Fsp3) is 0.632. The van der Waals surface area contributed by atoms with Crippen LogP contribution in [0.3, 0.4) is 0 Å². The number of nitrogens with zero attached hydrogens (tertiary/aromatic N) is 1. The summed E-state index contributed by atoms with van der Waals surface area (Å²) in [6.07, 6.45) is 8.58. The van der Waals surface area contributed by atoms with Gasteiger partial charge in [0.1, 0.15) is 0 Å². The number of nitrogens with one attached hydrogen (secondary N) is 2. The van der Waals surface area contributed by atoms with Crippen LogP contribution in [0.2, 0.25) is 0 Å². The Morgan fingerprint density at radius 1 is 1.08 bits per heavy atom. The lowest BCUT2D eigenvalue weighted by Gasteiger charge is -2.32. The topological polar surface area (TPSA) is 64.6 Å². The lowest BCUT2D eigenvalue weighted by atomic mass is 9.85. The first-order valence-corrected chi connectivity index (χ1v) is 9.27. The molecule has 5 nitrogen and oxygen atoms in total. The Labute approximate surface area is 144 Å². The number of rotatable bonds is 4. The fourth-order valence-electron chi connectivity index (χ4n) is 3.74. The zero-order chi connectivity index (χ0) is 16.8. The third-order valence-electron chi connectivity index (χ3n) is 5.19. The number of urea groups is 1. The number of piperidine rings is 1. The summed E-state index contributed by atoms with van der Waals surface area (Å²) in [5.41, 5.74) is 1.23. The van der Waals surface area contributed by atoms with Crippen LogP contribution in [0.1, 0.15) is 51.4 Å². The lowest BCUT2D eigenvalue weighted by molar-refractivity contribution is 0.00755. The van der Waals surface area contributed by atoms with Gasteiger partial charge in [0, 0.05) is 31.0 Å². The number of benzene rings is 1. The van der Waals surface area contributed by atoms with Gasteiger partial charge >= 0.3 is 6.03 Å². The van der Waals surface area contributed by atoms with Gasteiger partial charge in [-0.1, -0.05) is 25.3 Å². The van der Waals surface area contributed by atoms with E-state index < -0.39 is 5.60 Å². The standard InChI is InChI=1S/C19H29N3O2/c23-18(20-15-19(24)10-3-1-4-11-19)21-16-8-7-9-17(14-16)22-12-5-2-6-13-22/h7-9,14,24H,1-6,10-13,15H2,(H2,20,21,23). The van der Waals surface area contributed by atoms with Gasteiger partial charge in [-0.05, 0) is 50.3 Å². The van der Waals surface area contributed by atoms with E-state index in [9.17, 15) is 9.90 Å². The molecule has 24 heavy (non-hydrogen) atoms. The lowest BCUT2D eigenvalue weighted by Crippen LogP contribution is -2.45. The zero-order valence-electron chi connectivity index (χ0n) is 14.4. The number of amides is 2. The molecule has 0 unspecified atom stereocenters. The molecule has 1 aliphatic carbocycles. The predicted molar refractivity (Wildman–Crippen MR) is 97.6 cm³/mol. The second-order valence-corrected chi connectivity index (χ2v) is 7.19. The summed E-state index contributed by atoms with van der Waals surface area (Å²) in [5, 5.41) is 16.2. The molecular formula is C19H29N3O2. The summed E-state index contributed by atoms with van der Waals surface area (Å²) >= 11 is 0. The first-order valence-electron chi connectivity index (χ1n) is 9.27. The summed E-state index contributed by atoms with van der Waals surface area (Å²) in [4.78, 5) is 14.5. The first-order chi connectivity index (χ1) is 11.6. The largest absolute Gasteiger partial charge is 0.388 e. The van der Waals surface area contributed by atoms with Gasteiger partial charge in [-0.15, -0.1) is 0 Å². The Balaban J connectivity index is 1.52. The number of hydrogen-bond donors (Lipinski definition) is 3. The molecule has 2 amide bonds. The minimum absolute atomic E-state index is 0.246. The highest BCUT2D eigenvalue weighted by Crippen LogP contribution is 2.27. The third-order valence-corrected chi connectivity index (χ3v) is 5.19. The molecule has 5 heteroatoms. The summed E-state index contributed by atoms with van der Waals surface area (Å²) in [5.74, 6) is 0. The monoisotopic (exact) mass is 331 g/mol. The van der Waals surface area contributed by atoms with E-state index in [0.717, 1.165) is 44.5 Å². The molecule has 1 aliphatic heterocycles. The van der Waals surface area contributed by atoms with Gasteiger partial charge in [-0.25, -0.2) is 4.79 Å². The Kier molecular flexibility index (Phi) is 5.61. The molecule has 3 rings (SSSR count). The highest BCUT2D eigenvalue weighted by Gasteiger charge is 2.29. The molecule has 3 N–H and O–H groups in total. The molecule has 0 spiro atoms. The van der Waals surface area contributed by atoms with E-state index in [4.69, 9.17) is 0 Å². The maximum Gasteiger partial charge on any atom is 0.319 e. The van der Waals surface area contributed by atoms with Crippen LogP contribution in [0, 0.1) is 0 Å². The van der Waals surface area contributed by atoms with Crippen molar-refractivity contribution in [3.63, 3.8) is 0 Å². The quantitative estimate of drug-likeness (QED) is 0.791. The van der Waals surface area contributed by atoms with Crippen LogP contribution < -0.4 is 15.5 Å². The minimum Gasteiger partial charge on any atom is -0.388 e. The average molecular weight is 331 g/mol. The molecule has 1 aromatic rings. The molecule has 0 atom stereocenters. The number of carbonyl (C=O) groups is 1. The number of hydrogen-bond acceptors (Lipinski definition) is 3. The molecule has 1 heterocycles.